The van der Waals surface area contributed by atoms with E-state index in [0.717, 1.165) is 11.7 Å². The maximum Gasteiger partial charge on any atom is 0.256 e. The maximum absolute atomic E-state index is 13.0. The van der Waals surface area contributed by atoms with Crippen LogP contribution in [0.5, 0.6) is 0 Å². The van der Waals surface area contributed by atoms with E-state index in [1.165, 1.54) is 10.9 Å². The summed E-state index contributed by atoms with van der Waals surface area (Å²) in [6, 6.07) is 6.99. The standard InChI is InChI=1S/C21H19N9O4S/c1-29-6-5-10(26-29)9-7-30(19-13(9)18(22)23-8-24-19)21-16(32)15(31)17(34-21)20(33)25-11-3-2-4-12-14(11)28-35-27-12/h2-8,15-17,21,31-32H,1H3,(H,25,33)(H2,22,23,24)/t15-,16+,17-,21+/m0/s1. The number of aryl methyl sites for hydroxylation is 1. The van der Waals surface area contributed by atoms with Gasteiger partial charge in [0.1, 0.15) is 41.0 Å². The Balaban J connectivity index is 1.35. The van der Waals surface area contributed by atoms with Crippen LogP contribution in [0.1, 0.15) is 6.23 Å². The lowest BCUT2D eigenvalue weighted by Crippen LogP contribution is -2.39. The molecule has 1 fully saturated rings. The second-order valence-electron chi connectivity index (χ2n) is 8.14. The predicted octanol–water partition coefficient (Wildman–Crippen LogP) is 0.677. The summed E-state index contributed by atoms with van der Waals surface area (Å²) >= 11 is 1.03. The van der Waals surface area contributed by atoms with Gasteiger partial charge in [-0.05, 0) is 18.2 Å². The fourth-order valence-electron chi connectivity index (χ4n) is 4.27. The lowest BCUT2D eigenvalue weighted by atomic mass is 10.1. The van der Waals surface area contributed by atoms with Gasteiger partial charge in [0, 0.05) is 25.0 Å². The zero-order chi connectivity index (χ0) is 24.3. The molecule has 0 unspecified atom stereocenters. The lowest BCUT2D eigenvalue weighted by Gasteiger charge is -2.17. The molecule has 13 nitrogen and oxygen atoms in total. The number of aliphatic hydroxyl groups is 2. The summed E-state index contributed by atoms with van der Waals surface area (Å²) in [7, 11) is 1.79. The molecule has 0 radical (unpaired) electrons. The fraction of sp³-hybridized carbons (Fsp3) is 0.238. The molecule has 0 bridgehead atoms. The van der Waals surface area contributed by atoms with Gasteiger partial charge in [0.2, 0.25) is 0 Å². The number of fused-ring (bicyclic) bond motifs is 2. The average Bonchev–Trinajstić information content (AvgIpc) is 3.61. The summed E-state index contributed by atoms with van der Waals surface area (Å²) in [5.41, 5.74) is 9.35. The Hall–Kier alpha value is -3.98. The van der Waals surface area contributed by atoms with Crippen molar-refractivity contribution in [2.75, 3.05) is 11.1 Å². The first kappa shape index (κ1) is 21.5. The van der Waals surface area contributed by atoms with E-state index >= 15 is 0 Å². The summed E-state index contributed by atoms with van der Waals surface area (Å²) in [5.74, 6) is -0.406. The number of carbonyl (C=O) groups is 1. The monoisotopic (exact) mass is 493 g/mol. The van der Waals surface area contributed by atoms with E-state index in [1.54, 1.807) is 48.4 Å². The second kappa shape index (κ2) is 8.06. The zero-order valence-corrected chi connectivity index (χ0v) is 19.0. The van der Waals surface area contributed by atoms with Gasteiger partial charge in [-0.3, -0.25) is 9.48 Å². The minimum atomic E-state index is -1.50. The van der Waals surface area contributed by atoms with Crippen LogP contribution in [0, 0.1) is 0 Å². The highest BCUT2D eigenvalue weighted by Crippen LogP contribution is 2.38. The lowest BCUT2D eigenvalue weighted by molar-refractivity contribution is -0.132. The first-order chi connectivity index (χ1) is 16.9. The number of aliphatic hydroxyl groups excluding tert-OH is 2. The van der Waals surface area contributed by atoms with E-state index in [1.807, 2.05) is 0 Å². The zero-order valence-electron chi connectivity index (χ0n) is 18.2. The van der Waals surface area contributed by atoms with Crippen LogP contribution in [0.4, 0.5) is 11.5 Å². The summed E-state index contributed by atoms with van der Waals surface area (Å²) in [6.07, 6.45) is -0.657. The third-order valence-corrected chi connectivity index (χ3v) is 6.49. The molecular weight excluding hydrogens is 474 g/mol. The molecule has 4 aromatic heterocycles. The van der Waals surface area contributed by atoms with Crippen molar-refractivity contribution in [3.8, 4) is 11.3 Å². The molecule has 4 atom stereocenters. The van der Waals surface area contributed by atoms with Crippen molar-refractivity contribution in [3.63, 3.8) is 0 Å². The van der Waals surface area contributed by atoms with Crippen molar-refractivity contribution in [1.82, 2.24) is 33.1 Å². The Morgan fingerprint density at radius 2 is 2.06 bits per heavy atom. The number of nitrogen functional groups attached to an aromatic ring is 1. The highest BCUT2D eigenvalue weighted by molar-refractivity contribution is 7.00. The minimum absolute atomic E-state index is 0.224. The Labute approximate surface area is 201 Å². The molecule has 0 saturated carbocycles. The van der Waals surface area contributed by atoms with Crippen LogP contribution in [0.3, 0.4) is 0 Å². The molecule has 1 amide bonds. The Bertz CT molecular complexity index is 1580. The van der Waals surface area contributed by atoms with Crippen molar-refractivity contribution in [2.45, 2.75) is 24.5 Å². The number of hydrogen-bond acceptors (Lipinski definition) is 11. The largest absolute Gasteiger partial charge is 0.387 e. The van der Waals surface area contributed by atoms with E-state index in [9.17, 15) is 15.0 Å². The van der Waals surface area contributed by atoms with E-state index in [0.29, 0.717) is 39.0 Å². The molecule has 5 aromatic rings. The molecule has 6 rings (SSSR count). The van der Waals surface area contributed by atoms with Gasteiger partial charge in [0.25, 0.3) is 5.91 Å². The number of nitrogens with zero attached hydrogens (tertiary/aromatic N) is 7. The van der Waals surface area contributed by atoms with Gasteiger partial charge in [-0.2, -0.15) is 13.8 Å². The molecule has 0 aliphatic carbocycles. The van der Waals surface area contributed by atoms with Crippen molar-refractivity contribution < 1.29 is 19.7 Å². The third kappa shape index (κ3) is 3.42. The van der Waals surface area contributed by atoms with Gasteiger partial charge < -0.3 is 30.6 Å². The molecule has 1 aliphatic rings. The van der Waals surface area contributed by atoms with Crippen LogP contribution in [0.25, 0.3) is 33.3 Å². The van der Waals surface area contributed by atoms with Gasteiger partial charge >= 0.3 is 0 Å². The molecule has 1 aromatic carbocycles. The van der Waals surface area contributed by atoms with Crippen molar-refractivity contribution in [3.05, 3.63) is 43.0 Å². The number of nitrogens with two attached hydrogens (primary N) is 1. The average molecular weight is 494 g/mol. The van der Waals surface area contributed by atoms with Crippen LogP contribution >= 0.6 is 11.7 Å². The van der Waals surface area contributed by atoms with Gasteiger partial charge in [-0.15, -0.1) is 0 Å². The maximum atomic E-state index is 13.0. The summed E-state index contributed by atoms with van der Waals surface area (Å²) in [5, 5.41) is 29.2. The molecule has 178 valence electrons. The van der Waals surface area contributed by atoms with E-state index in [4.69, 9.17) is 10.5 Å². The first-order valence-electron chi connectivity index (χ1n) is 10.6. The Kier molecular flexibility index (Phi) is 4.96. The third-order valence-electron chi connectivity index (χ3n) is 5.94. The summed E-state index contributed by atoms with van der Waals surface area (Å²) < 4.78 is 17.4. The minimum Gasteiger partial charge on any atom is -0.387 e. The summed E-state index contributed by atoms with van der Waals surface area (Å²) in [4.78, 5) is 21.4. The van der Waals surface area contributed by atoms with Gasteiger partial charge in [-0.1, -0.05) is 6.07 Å². The van der Waals surface area contributed by atoms with Crippen LogP contribution in [-0.2, 0) is 16.6 Å². The number of anilines is 2. The molecular formula is C21H19N9O4S. The predicted molar refractivity (Wildman–Crippen MR) is 126 cm³/mol. The van der Waals surface area contributed by atoms with Gasteiger partial charge in [0.15, 0.2) is 12.3 Å². The first-order valence-corrected chi connectivity index (χ1v) is 11.3. The quantitative estimate of drug-likeness (QED) is 0.278. The number of rotatable bonds is 4. The second-order valence-corrected chi connectivity index (χ2v) is 8.67. The highest BCUT2D eigenvalue weighted by atomic mass is 32.1. The Morgan fingerprint density at radius 3 is 2.86 bits per heavy atom. The van der Waals surface area contributed by atoms with Crippen LogP contribution < -0.4 is 11.1 Å². The molecule has 5 N–H and O–H groups in total. The number of ether oxygens (including phenoxy) is 1. The normalized spacial score (nSPS) is 22.3. The SMILES string of the molecule is Cn1ccc(-c2cn([C@@H]3O[C@H](C(=O)Nc4cccc5nsnc45)[C@@H](O)[C@H]3O)c3ncnc(N)c23)n1. The molecule has 1 aliphatic heterocycles. The van der Waals surface area contributed by atoms with Crippen molar-refractivity contribution >= 4 is 51.2 Å². The fourth-order valence-corrected chi connectivity index (χ4v) is 4.82. The van der Waals surface area contributed by atoms with Crippen molar-refractivity contribution in [1.29, 1.82) is 0 Å². The molecule has 35 heavy (non-hydrogen) atoms. The van der Waals surface area contributed by atoms with Gasteiger partial charge in [0.05, 0.1) is 28.5 Å². The highest BCUT2D eigenvalue weighted by Gasteiger charge is 2.48. The van der Waals surface area contributed by atoms with Crippen LogP contribution in [-0.4, -0.2) is 67.5 Å². The molecule has 5 heterocycles. The van der Waals surface area contributed by atoms with Gasteiger partial charge in [-0.25, -0.2) is 9.97 Å². The van der Waals surface area contributed by atoms with E-state index in [2.05, 4.69) is 29.1 Å². The molecule has 14 heteroatoms. The molecule has 1 saturated heterocycles. The number of benzene rings is 1. The van der Waals surface area contributed by atoms with Crippen LogP contribution in [0.15, 0.2) is 43.0 Å². The number of nitrogens with one attached hydrogen (secondary N) is 1. The molecule has 0 spiro atoms. The Morgan fingerprint density at radius 1 is 1.20 bits per heavy atom. The number of hydrogen-bond donors (Lipinski definition) is 4. The summed E-state index contributed by atoms with van der Waals surface area (Å²) in [6.45, 7) is 0. The smallest absolute Gasteiger partial charge is 0.256 e. The number of amides is 1. The number of aromatic nitrogens is 7. The van der Waals surface area contributed by atoms with Crippen molar-refractivity contribution in [2.24, 2.45) is 7.05 Å². The van der Waals surface area contributed by atoms with Crippen LogP contribution in [0.2, 0.25) is 0 Å². The topological polar surface area (TPSA) is 179 Å². The van der Waals surface area contributed by atoms with E-state index in [-0.39, 0.29) is 5.82 Å². The number of carbonyl (C=O) groups excluding carboxylic acids is 1. The van der Waals surface area contributed by atoms with E-state index < -0.39 is 30.4 Å².